The number of aryl methyl sites for hydroxylation is 2. The number of sulfone groups is 1. The molecule has 0 bridgehead atoms. The van der Waals surface area contributed by atoms with Crippen LogP contribution in [-0.2, 0) is 22.8 Å². The van der Waals surface area contributed by atoms with Crippen LogP contribution < -0.4 is 0 Å². The lowest BCUT2D eigenvalue weighted by Gasteiger charge is -2.25. The molecule has 0 aliphatic rings. The van der Waals surface area contributed by atoms with Gasteiger partial charge < -0.3 is 9.88 Å². The standard InChI is InChI=1S/C35H36FN3O3S/c1-6-19-39(35(40)29-17-18-31(43(5,41)42)32(36)28(29)7-2)21-27-20-26(12-11-22(27)3)24-13-15-25(16-14-24)34-37-30-10-8-9-23(4)33(30)38-34/h8-18,20H,6-7,19,21H2,1-5H3,(H,37,38). The number of carbonyl (C=O) groups excluding carboxylic acids is 1. The number of imidazole rings is 1. The normalized spacial score (nSPS) is 11.7. The van der Waals surface area contributed by atoms with Crippen molar-refractivity contribution in [2.75, 3.05) is 12.8 Å². The summed E-state index contributed by atoms with van der Waals surface area (Å²) in [5, 5.41) is 0. The quantitative estimate of drug-likeness (QED) is 0.189. The van der Waals surface area contributed by atoms with E-state index in [9.17, 15) is 13.2 Å². The van der Waals surface area contributed by atoms with E-state index in [0.29, 0.717) is 13.1 Å². The lowest BCUT2D eigenvalue weighted by molar-refractivity contribution is 0.0741. The van der Waals surface area contributed by atoms with Crippen molar-refractivity contribution in [2.24, 2.45) is 0 Å². The van der Waals surface area contributed by atoms with Gasteiger partial charge in [-0.05, 0) is 78.8 Å². The maximum atomic E-state index is 15.2. The number of fused-ring (bicyclic) bond motifs is 1. The fraction of sp³-hybridized carbons (Fsp3) is 0.257. The molecule has 4 aromatic carbocycles. The van der Waals surface area contributed by atoms with Crippen molar-refractivity contribution in [3.8, 4) is 22.5 Å². The molecule has 0 saturated carbocycles. The number of nitrogens with zero attached hydrogens (tertiary/aromatic N) is 2. The second kappa shape index (κ2) is 12.1. The second-order valence-electron chi connectivity index (χ2n) is 11.0. The number of benzene rings is 4. The summed E-state index contributed by atoms with van der Waals surface area (Å²) in [4.78, 5) is 23.3. The maximum absolute atomic E-state index is 15.2. The molecule has 1 aromatic heterocycles. The van der Waals surface area contributed by atoms with Gasteiger partial charge in [-0.15, -0.1) is 0 Å². The average molecular weight is 598 g/mol. The lowest BCUT2D eigenvalue weighted by Crippen LogP contribution is -2.32. The Balaban J connectivity index is 1.43. The number of hydrogen-bond acceptors (Lipinski definition) is 4. The zero-order chi connectivity index (χ0) is 30.9. The molecule has 1 amide bonds. The fourth-order valence-electron chi connectivity index (χ4n) is 5.48. The minimum absolute atomic E-state index is 0.124. The van der Waals surface area contributed by atoms with Crippen molar-refractivity contribution < 1.29 is 17.6 Å². The molecule has 0 radical (unpaired) electrons. The van der Waals surface area contributed by atoms with Gasteiger partial charge in [0.25, 0.3) is 5.91 Å². The summed E-state index contributed by atoms with van der Waals surface area (Å²) >= 11 is 0. The molecule has 0 atom stereocenters. The van der Waals surface area contributed by atoms with Gasteiger partial charge in [0.05, 0.1) is 11.0 Å². The van der Waals surface area contributed by atoms with E-state index in [2.05, 4.69) is 54.4 Å². The third kappa shape index (κ3) is 6.11. The van der Waals surface area contributed by atoms with Crippen molar-refractivity contribution in [2.45, 2.75) is 52.0 Å². The molecule has 43 heavy (non-hydrogen) atoms. The predicted molar refractivity (Wildman–Crippen MR) is 170 cm³/mol. The van der Waals surface area contributed by atoms with E-state index in [1.165, 1.54) is 12.1 Å². The Bertz CT molecular complexity index is 1930. The maximum Gasteiger partial charge on any atom is 0.254 e. The van der Waals surface area contributed by atoms with Crippen LogP contribution in [0.2, 0.25) is 0 Å². The molecule has 0 saturated heterocycles. The number of aromatic amines is 1. The van der Waals surface area contributed by atoms with Crippen LogP contribution in [0.25, 0.3) is 33.5 Å². The van der Waals surface area contributed by atoms with Crippen LogP contribution in [0.5, 0.6) is 0 Å². The molecular formula is C35H36FN3O3S. The van der Waals surface area contributed by atoms with Gasteiger partial charge in [-0.2, -0.15) is 0 Å². The van der Waals surface area contributed by atoms with Crippen LogP contribution >= 0.6 is 0 Å². The molecule has 0 fully saturated rings. The van der Waals surface area contributed by atoms with E-state index < -0.39 is 15.7 Å². The van der Waals surface area contributed by atoms with Crippen molar-refractivity contribution in [1.29, 1.82) is 0 Å². The number of carbonyl (C=O) groups is 1. The number of rotatable bonds is 9. The zero-order valence-corrected chi connectivity index (χ0v) is 26.0. The van der Waals surface area contributed by atoms with Crippen molar-refractivity contribution in [3.05, 3.63) is 106 Å². The van der Waals surface area contributed by atoms with Gasteiger partial charge in [0.1, 0.15) is 16.5 Å². The summed E-state index contributed by atoms with van der Waals surface area (Å²) in [6.07, 6.45) is 1.89. The van der Waals surface area contributed by atoms with E-state index in [1.807, 2.05) is 32.0 Å². The number of H-pyrrole nitrogens is 1. The van der Waals surface area contributed by atoms with Crippen LogP contribution in [0.4, 0.5) is 4.39 Å². The summed E-state index contributed by atoms with van der Waals surface area (Å²) in [5.74, 6) is -0.332. The van der Waals surface area contributed by atoms with Gasteiger partial charge in [-0.3, -0.25) is 4.79 Å². The highest BCUT2D eigenvalue weighted by atomic mass is 32.2. The molecule has 0 spiro atoms. The van der Waals surface area contributed by atoms with E-state index in [4.69, 9.17) is 4.98 Å². The van der Waals surface area contributed by atoms with E-state index in [-0.39, 0.29) is 28.4 Å². The highest BCUT2D eigenvalue weighted by Crippen LogP contribution is 2.29. The minimum atomic E-state index is -3.76. The van der Waals surface area contributed by atoms with Gasteiger partial charge in [0, 0.05) is 36.0 Å². The number of halogens is 1. The number of amides is 1. The van der Waals surface area contributed by atoms with Crippen molar-refractivity contribution in [1.82, 2.24) is 14.9 Å². The Morgan fingerprint density at radius 2 is 1.60 bits per heavy atom. The van der Waals surface area contributed by atoms with Gasteiger partial charge in [-0.25, -0.2) is 17.8 Å². The lowest BCUT2D eigenvalue weighted by atomic mass is 9.98. The van der Waals surface area contributed by atoms with Crippen LogP contribution in [-0.4, -0.2) is 42.0 Å². The first-order valence-electron chi connectivity index (χ1n) is 14.5. The second-order valence-corrected chi connectivity index (χ2v) is 13.0. The average Bonchev–Trinajstić information content (AvgIpc) is 3.43. The monoisotopic (exact) mass is 597 g/mol. The molecule has 0 aliphatic heterocycles. The first-order chi connectivity index (χ1) is 20.5. The number of aromatic nitrogens is 2. The Morgan fingerprint density at radius 3 is 2.26 bits per heavy atom. The largest absolute Gasteiger partial charge is 0.338 e. The van der Waals surface area contributed by atoms with Crippen LogP contribution in [0.1, 0.15) is 52.9 Å². The molecule has 0 unspecified atom stereocenters. The predicted octanol–water partition coefficient (Wildman–Crippen LogP) is 7.67. The SMILES string of the molecule is CCCN(Cc1cc(-c2ccc(-c3nc4c(C)cccc4[nH]3)cc2)ccc1C)C(=O)c1ccc(S(C)(=O)=O)c(F)c1CC. The summed E-state index contributed by atoms with van der Waals surface area (Å²) in [6, 6.07) is 23.2. The molecule has 5 rings (SSSR count). The molecule has 5 aromatic rings. The Labute approximate surface area is 252 Å². The Morgan fingerprint density at radius 1 is 0.907 bits per heavy atom. The topological polar surface area (TPSA) is 83.1 Å². The summed E-state index contributed by atoms with van der Waals surface area (Å²) in [5.41, 5.74) is 8.51. The van der Waals surface area contributed by atoms with E-state index in [1.54, 1.807) is 11.8 Å². The molecule has 1 N–H and O–H groups in total. The van der Waals surface area contributed by atoms with E-state index >= 15 is 4.39 Å². The van der Waals surface area contributed by atoms with E-state index in [0.717, 1.165) is 62.9 Å². The van der Waals surface area contributed by atoms with Crippen LogP contribution in [0.3, 0.4) is 0 Å². The summed E-state index contributed by atoms with van der Waals surface area (Å²) in [6.45, 7) is 8.60. The third-order valence-electron chi connectivity index (χ3n) is 7.89. The molecule has 0 aliphatic carbocycles. The number of para-hydroxylation sites is 1. The van der Waals surface area contributed by atoms with Gasteiger partial charge in [0.2, 0.25) is 0 Å². The number of hydrogen-bond donors (Lipinski definition) is 1. The Hall–Kier alpha value is -4.30. The minimum Gasteiger partial charge on any atom is -0.338 e. The molecule has 222 valence electrons. The van der Waals surface area contributed by atoms with Crippen molar-refractivity contribution >= 4 is 26.8 Å². The summed E-state index contributed by atoms with van der Waals surface area (Å²) < 4.78 is 39.4. The zero-order valence-electron chi connectivity index (χ0n) is 25.2. The smallest absolute Gasteiger partial charge is 0.254 e. The van der Waals surface area contributed by atoms with Crippen LogP contribution in [0, 0.1) is 19.7 Å². The van der Waals surface area contributed by atoms with Gasteiger partial charge in [-0.1, -0.05) is 62.4 Å². The first kappa shape index (κ1) is 30.2. The van der Waals surface area contributed by atoms with Crippen LogP contribution in [0.15, 0.2) is 77.7 Å². The molecule has 6 nitrogen and oxygen atoms in total. The van der Waals surface area contributed by atoms with Crippen molar-refractivity contribution in [3.63, 3.8) is 0 Å². The molecule has 1 heterocycles. The highest BCUT2D eigenvalue weighted by molar-refractivity contribution is 7.90. The van der Waals surface area contributed by atoms with Gasteiger partial charge >= 0.3 is 0 Å². The molecular weight excluding hydrogens is 561 g/mol. The highest BCUT2D eigenvalue weighted by Gasteiger charge is 2.25. The first-order valence-corrected chi connectivity index (χ1v) is 16.4. The third-order valence-corrected chi connectivity index (χ3v) is 9.00. The Kier molecular flexibility index (Phi) is 8.51. The summed E-state index contributed by atoms with van der Waals surface area (Å²) in [7, 11) is -3.76. The molecule has 8 heteroatoms. The number of nitrogens with one attached hydrogen (secondary N) is 1. The fourth-order valence-corrected chi connectivity index (χ4v) is 6.25. The van der Waals surface area contributed by atoms with Gasteiger partial charge in [0.15, 0.2) is 9.84 Å².